The largest absolute Gasteiger partial charge is 0.379 e. The maximum absolute atomic E-state index is 5.43. The minimum atomic E-state index is 0.669. The molecule has 1 heterocycles. The van der Waals surface area contributed by atoms with Gasteiger partial charge in [-0.1, -0.05) is 25.7 Å². The van der Waals surface area contributed by atoms with Gasteiger partial charge in [-0.25, -0.2) is 0 Å². The van der Waals surface area contributed by atoms with Crippen molar-refractivity contribution in [2.24, 2.45) is 0 Å². The lowest BCUT2D eigenvalue weighted by molar-refractivity contribution is 0.0109. The molecule has 1 unspecified atom stereocenters. The second kappa shape index (κ2) is 7.46. The molecule has 18 heavy (non-hydrogen) atoms. The SMILES string of the molecule is CC(CN(C)C1CCCCCC1)N1CCOCC1. The summed E-state index contributed by atoms with van der Waals surface area (Å²) >= 11 is 0. The molecule has 1 aliphatic heterocycles. The van der Waals surface area contributed by atoms with Gasteiger partial charge in [0.05, 0.1) is 13.2 Å². The Hall–Kier alpha value is -0.120. The van der Waals surface area contributed by atoms with Gasteiger partial charge < -0.3 is 9.64 Å². The molecule has 0 N–H and O–H groups in total. The molecular weight excluding hydrogens is 224 g/mol. The number of morpholine rings is 1. The molecule has 1 aliphatic carbocycles. The van der Waals surface area contributed by atoms with E-state index >= 15 is 0 Å². The Morgan fingerprint density at radius 3 is 2.33 bits per heavy atom. The van der Waals surface area contributed by atoms with Crippen LogP contribution in [0.4, 0.5) is 0 Å². The van der Waals surface area contributed by atoms with Crippen molar-refractivity contribution in [1.29, 1.82) is 0 Å². The first-order chi connectivity index (χ1) is 8.77. The third-order valence-electron chi connectivity index (χ3n) is 4.67. The maximum Gasteiger partial charge on any atom is 0.0594 e. The lowest BCUT2D eigenvalue weighted by Crippen LogP contribution is -2.48. The summed E-state index contributed by atoms with van der Waals surface area (Å²) in [6, 6.07) is 1.50. The van der Waals surface area contributed by atoms with Crippen molar-refractivity contribution < 1.29 is 4.74 Å². The van der Waals surface area contributed by atoms with Crippen molar-refractivity contribution in [1.82, 2.24) is 9.80 Å². The van der Waals surface area contributed by atoms with Crippen LogP contribution in [0.3, 0.4) is 0 Å². The molecule has 0 spiro atoms. The summed E-state index contributed by atoms with van der Waals surface area (Å²) in [4.78, 5) is 5.20. The molecule has 1 atom stereocenters. The summed E-state index contributed by atoms with van der Waals surface area (Å²) in [5, 5.41) is 0. The first-order valence-electron chi connectivity index (χ1n) is 7.79. The van der Waals surface area contributed by atoms with Gasteiger partial charge in [0, 0.05) is 31.7 Å². The van der Waals surface area contributed by atoms with E-state index in [-0.39, 0.29) is 0 Å². The summed E-state index contributed by atoms with van der Waals surface area (Å²) in [6.07, 6.45) is 8.58. The number of nitrogens with zero attached hydrogens (tertiary/aromatic N) is 2. The molecule has 0 radical (unpaired) electrons. The Morgan fingerprint density at radius 1 is 1.11 bits per heavy atom. The van der Waals surface area contributed by atoms with E-state index in [4.69, 9.17) is 4.74 Å². The van der Waals surface area contributed by atoms with Crippen LogP contribution >= 0.6 is 0 Å². The molecule has 0 amide bonds. The fourth-order valence-electron chi connectivity index (χ4n) is 3.40. The van der Waals surface area contributed by atoms with Gasteiger partial charge in [0.2, 0.25) is 0 Å². The Bertz CT molecular complexity index is 221. The van der Waals surface area contributed by atoms with Crippen molar-refractivity contribution in [3.8, 4) is 0 Å². The molecule has 1 saturated heterocycles. The van der Waals surface area contributed by atoms with Crippen molar-refractivity contribution in [2.45, 2.75) is 57.5 Å². The van der Waals surface area contributed by atoms with E-state index in [1.54, 1.807) is 0 Å². The zero-order valence-corrected chi connectivity index (χ0v) is 12.2. The van der Waals surface area contributed by atoms with E-state index in [0.717, 1.165) is 32.3 Å². The third kappa shape index (κ3) is 4.22. The van der Waals surface area contributed by atoms with E-state index in [1.165, 1.54) is 45.1 Å². The fraction of sp³-hybridized carbons (Fsp3) is 1.00. The van der Waals surface area contributed by atoms with E-state index in [9.17, 15) is 0 Å². The van der Waals surface area contributed by atoms with Gasteiger partial charge in [0.1, 0.15) is 0 Å². The number of ether oxygens (including phenoxy) is 1. The normalized spacial score (nSPS) is 26.2. The van der Waals surface area contributed by atoms with Gasteiger partial charge in [0.25, 0.3) is 0 Å². The van der Waals surface area contributed by atoms with Crippen molar-refractivity contribution >= 4 is 0 Å². The Labute approximate surface area is 112 Å². The summed E-state index contributed by atoms with van der Waals surface area (Å²) in [5.74, 6) is 0. The molecule has 2 aliphatic rings. The zero-order chi connectivity index (χ0) is 12.8. The molecular formula is C15H30N2O. The highest BCUT2D eigenvalue weighted by Crippen LogP contribution is 2.21. The van der Waals surface area contributed by atoms with E-state index in [2.05, 4.69) is 23.8 Å². The highest BCUT2D eigenvalue weighted by atomic mass is 16.5. The molecule has 0 bridgehead atoms. The summed E-state index contributed by atoms with van der Waals surface area (Å²) in [7, 11) is 2.33. The Morgan fingerprint density at radius 2 is 1.72 bits per heavy atom. The number of hydrogen-bond acceptors (Lipinski definition) is 3. The minimum Gasteiger partial charge on any atom is -0.379 e. The van der Waals surface area contributed by atoms with Crippen LogP contribution in [0.25, 0.3) is 0 Å². The molecule has 3 nitrogen and oxygen atoms in total. The predicted molar refractivity (Wildman–Crippen MR) is 76.0 cm³/mol. The van der Waals surface area contributed by atoms with E-state index in [0.29, 0.717) is 6.04 Å². The second-order valence-electron chi connectivity index (χ2n) is 6.08. The summed E-state index contributed by atoms with van der Waals surface area (Å²) in [5.41, 5.74) is 0. The van der Waals surface area contributed by atoms with Crippen molar-refractivity contribution in [3.05, 3.63) is 0 Å². The van der Waals surface area contributed by atoms with E-state index in [1.807, 2.05) is 0 Å². The van der Waals surface area contributed by atoms with Gasteiger partial charge in [-0.05, 0) is 26.8 Å². The van der Waals surface area contributed by atoms with Gasteiger partial charge in [-0.15, -0.1) is 0 Å². The van der Waals surface area contributed by atoms with Gasteiger partial charge in [-0.2, -0.15) is 0 Å². The maximum atomic E-state index is 5.43. The van der Waals surface area contributed by atoms with Crippen LogP contribution in [0.1, 0.15) is 45.4 Å². The van der Waals surface area contributed by atoms with Crippen molar-refractivity contribution in [3.63, 3.8) is 0 Å². The average molecular weight is 254 g/mol. The smallest absolute Gasteiger partial charge is 0.0594 e. The third-order valence-corrected chi connectivity index (χ3v) is 4.67. The molecule has 3 heteroatoms. The average Bonchev–Trinajstić information content (AvgIpc) is 2.68. The topological polar surface area (TPSA) is 15.7 Å². The molecule has 0 aromatic carbocycles. The minimum absolute atomic E-state index is 0.669. The zero-order valence-electron chi connectivity index (χ0n) is 12.2. The lowest BCUT2D eigenvalue weighted by atomic mass is 10.1. The predicted octanol–water partition coefficient (Wildman–Crippen LogP) is 2.36. The van der Waals surface area contributed by atoms with Gasteiger partial charge in [0.15, 0.2) is 0 Å². The standard InChI is InChI=1S/C15H30N2O/c1-14(17-9-11-18-12-10-17)13-16(2)15-7-5-3-4-6-8-15/h14-15H,3-13H2,1-2H3. The number of likely N-dealkylation sites (N-methyl/N-ethyl adjacent to an activating group) is 1. The second-order valence-corrected chi connectivity index (χ2v) is 6.08. The summed E-state index contributed by atoms with van der Waals surface area (Å²) in [6.45, 7) is 7.64. The van der Waals surface area contributed by atoms with E-state index < -0.39 is 0 Å². The van der Waals surface area contributed by atoms with Crippen LogP contribution in [-0.2, 0) is 4.74 Å². The van der Waals surface area contributed by atoms with Crippen LogP contribution in [0.2, 0.25) is 0 Å². The highest BCUT2D eigenvalue weighted by Gasteiger charge is 2.22. The summed E-state index contributed by atoms with van der Waals surface area (Å²) < 4.78 is 5.43. The molecule has 1 saturated carbocycles. The molecule has 2 fully saturated rings. The monoisotopic (exact) mass is 254 g/mol. The molecule has 0 aromatic rings. The lowest BCUT2D eigenvalue weighted by Gasteiger charge is -2.36. The van der Waals surface area contributed by atoms with Crippen LogP contribution < -0.4 is 0 Å². The quantitative estimate of drug-likeness (QED) is 0.716. The Kier molecular flexibility index (Phi) is 5.93. The van der Waals surface area contributed by atoms with Gasteiger partial charge in [-0.3, -0.25) is 4.90 Å². The highest BCUT2D eigenvalue weighted by molar-refractivity contribution is 4.78. The van der Waals surface area contributed by atoms with Gasteiger partial charge >= 0.3 is 0 Å². The Balaban J connectivity index is 1.75. The first kappa shape index (κ1) is 14.3. The molecule has 0 aromatic heterocycles. The van der Waals surface area contributed by atoms with Crippen LogP contribution in [0.15, 0.2) is 0 Å². The van der Waals surface area contributed by atoms with Crippen molar-refractivity contribution in [2.75, 3.05) is 39.9 Å². The number of rotatable bonds is 4. The van der Waals surface area contributed by atoms with Crippen LogP contribution in [0, 0.1) is 0 Å². The molecule has 106 valence electrons. The first-order valence-corrected chi connectivity index (χ1v) is 7.79. The van der Waals surface area contributed by atoms with Crippen LogP contribution in [-0.4, -0.2) is 61.8 Å². The fourth-order valence-corrected chi connectivity index (χ4v) is 3.40. The molecule has 2 rings (SSSR count). The number of hydrogen-bond donors (Lipinski definition) is 0. The van der Waals surface area contributed by atoms with Crippen LogP contribution in [0.5, 0.6) is 0 Å².